The van der Waals surface area contributed by atoms with Gasteiger partial charge < -0.3 is 34.6 Å². The van der Waals surface area contributed by atoms with Crippen molar-refractivity contribution < 1.29 is 33.0 Å². The van der Waals surface area contributed by atoms with Crippen molar-refractivity contribution in [3.05, 3.63) is 192 Å². The average Bonchev–Trinajstić information content (AvgIpc) is 2.17. The molecule has 8 aromatic carbocycles. The van der Waals surface area contributed by atoms with Gasteiger partial charge in [-0.2, -0.15) is 0 Å². The van der Waals surface area contributed by atoms with Crippen LogP contribution in [0, 0.1) is 0 Å². The molecule has 3 N–H and O–H groups in total. The standard InChI is InChI=1S/C73H87B2N5O7/c1-51(2)68(82)77-43-27-44-79(47-54-30-15-23-38-64(54)74-84-70(3,4)71(5,6)85-74)49-62-58-34-19-21-36-60(58)63(61-37-22-20-35-59(61)62)50-80(48-55-31-16-24-39-65(55)75-86-72(7,8)73(9,10)87-75)45-40-66(81)76-41-25-11-12-26-42-78-69(83)67-56-32-17-13-28-52(56)46-53-29-14-18-33-57(53)67/h13-24,28-39,46H,1,11-12,25-27,40-45,47-50H2,2-10H3,(H,76,81)(H,77,82)(H,78,83). The summed E-state index contributed by atoms with van der Waals surface area (Å²) in [7, 11) is -1.07. The Balaban J connectivity index is 0.866. The van der Waals surface area contributed by atoms with Gasteiger partial charge in [0.2, 0.25) is 11.8 Å². The Hall–Kier alpha value is -7.16. The predicted molar refractivity (Wildman–Crippen MR) is 356 cm³/mol. The number of hydrogen-bond acceptors (Lipinski definition) is 9. The predicted octanol–water partition coefficient (Wildman–Crippen LogP) is 12.5. The second-order valence-electron chi connectivity index (χ2n) is 25.9. The van der Waals surface area contributed by atoms with E-state index in [0.29, 0.717) is 70.9 Å². The second kappa shape index (κ2) is 27.1. The fourth-order valence-corrected chi connectivity index (χ4v) is 12.1. The molecule has 0 bridgehead atoms. The molecule has 2 aliphatic rings. The lowest BCUT2D eigenvalue weighted by molar-refractivity contribution is -0.121. The van der Waals surface area contributed by atoms with Gasteiger partial charge in [0.05, 0.1) is 28.0 Å². The summed E-state index contributed by atoms with van der Waals surface area (Å²) in [5.41, 5.74) is 5.81. The molecule has 8 aromatic rings. The van der Waals surface area contributed by atoms with Crippen LogP contribution in [0.2, 0.25) is 0 Å². The lowest BCUT2D eigenvalue weighted by Gasteiger charge is -2.32. The van der Waals surface area contributed by atoms with Crippen molar-refractivity contribution in [1.82, 2.24) is 25.8 Å². The summed E-state index contributed by atoms with van der Waals surface area (Å²) in [6.45, 7) is 27.6. The molecule has 452 valence electrons. The fraction of sp³-hybridized carbons (Fsp3) is 0.384. The topological polar surface area (TPSA) is 131 Å². The van der Waals surface area contributed by atoms with Crippen molar-refractivity contribution in [3.8, 4) is 0 Å². The summed E-state index contributed by atoms with van der Waals surface area (Å²) in [6.07, 6.45) is 4.62. The first kappa shape index (κ1) is 62.9. The normalized spacial score (nSPS) is 15.9. The van der Waals surface area contributed by atoms with Crippen LogP contribution in [0.1, 0.15) is 133 Å². The Kier molecular flexibility index (Phi) is 19.6. The molecule has 0 unspecified atom stereocenters. The highest BCUT2D eigenvalue weighted by atomic mass is 16.7. The molecule has 0 spiro atoms. The minimum Gasteiger partial charge on any atom is -0.399 e. The van der Waals surface area contributed by atoms with E-state index in [1.165, 1.54) is 21.9 Å². The van der Waals surface area contributed by atoms with Crippen LogP contribution in [0.5, 0.6) is 0 Å². The molecule has 12 nitrogen and oxygen atoms in total. The van der Waals surface area contributed by atoms with E-state index in [1.807, 2.05) is 42.5 Å². The summed E-state index contributed by atoms with van der Waals surface area (Å²) in [5, 5.41) is 18.2. The van der Waals surface area contributed by atoms with E-state index < -0.39 is 36.6 Å². The number of benzene rings is 8. The maximum Gasteiger partial charge on any atom is 0.495 e. The van der Waals surface area contributed by atoms with Gasteiger partial charge in [-0.3, -0.25) is 24.2 Å². The molecule has 0 radical (unpaired) electrons. The average molecular weight is 1170 g/mol. The number of nitrogens with one attached hydrogen (secondary N) is 3. The molecule has 2 saturated heterocycles. The maximum absolute atomic E-state index is 13.9. The number of hydrogen-bond donors (Lipinski definition) is 3. The van der Waals surface area contributed by atoms with Crippen LogP contribution in [0.4, 0.5) is 0 Å². The minimum atomic E-state index is -0.549. The summed E-state index contributed by atoms with van der Waals surface area (Å²) in [5.74, 6) is -0.176. The van der Waals surface area contributed by atoms with Crippen LogP contribution >= 0.6 is 0 Å². The van der Waals surface area contributed by atoms with E-state index in [0.717, 1.165) is 92.0 Å². The highest BCUT2D eigenvalue weighted by Crippen LogP contribution is 2.40. The molecular formula is C73H87B2N5O7. The van der Waals surface area contributed by atoms with Crippen LogP contribution in [0.15, 0.2) is 164 Å². The van der Waals surface area contributed by atoms with Crippen LogP contribution in [0.3, 0.4) is 0 Å². The molecule has 87 heavy (non-hydrogen) atoms. The van der Waals surface area contributed by atoms with Crippen molar-refractivity contribution >= 4 is 86.0 Å². The van der Waals surface area contributed by atoms with Gasteiger partial charge in [-0.1, -0.05) is 165 Å². The molecule has 0 aliphatic carbocycles. The lowest BCUT2D eigenvalue weighted by Crippen LogP contribution is -2.41. The smallest absolute Gasteiger partial charge is 0.399 e. The third kappa shape index (κ3) is 14.4. The summed E-state index contributed by atoms with van der Waals surface area (Å²) in [6, 6.07) is 52.6. The van der Waals surface area contributed by atoms with Crippen LogP contribution in [0.25, 0.3) is 43.1 Å². The highest BCUT2D eigenvalue weighted by Gasteiger charge is 2.53. The number of amides is 3. The molecule has 2 aliphatic heterocycles. The Labute approximate surface area is 516 Å². The first-order valence-corrected chi connectivity index (χ1v) is 31.3. The molecular weight excluding hydrogens is 1080 g/mol. The van der Waals surface area contributed by atoms with Gasteiger partial charge >= 0.3 is 14.2 Å². The number of fused-ring (bicyclic) bond motifs is 4. The zero-order valence-corrected chi connectivity index (χ0v) is 52.7. The third-order valence-corrected chi connectivity index (χ3v) is 18.5. The third-order valence-electron chi connectivity index (χ3n) is 18.5. The Bertz CT molecular complexity index is 3660. The second-order valence-corrected chi connectivity index (χ2v) is 25.9. The van der Waals surface area contributed by atoms with Crippen molar-refractivity contribution in [2.24, 2.45) is 0 Å². The van der Waals surface area contributed by atoms with Gasteiger partial charge in [0.25, 0.3) is 5.91 Å². The number of carbonyl (C=O) groups is 3. The van der Waals surface area contributed by atoms with E-state index >= 15 is 0 Å². The van der Waals surface area contributed by atoms with E-state index in [1.54, 1.807) is 6.92 Å². The van der Waals surface area contributed by atoms with Crippen molar-refractivity contribution in [2.75, 3.05) is 32.7 Å². The maximum atomic E-state index is 13.9. The van der Waals surface area contributed by atoms with Gasteiger partial charge in [-0.15, -0.1) is 0 Å². The van der Waals surface area contributed by atoms with Crippen molar-refractivity contribution in [2.45, 2.75) is 149 Å². The number of rotatable bonds is 26. The van der Waals surface area contributed by atoms with E-state index in [4.69, 9.17) is 18.6 Å². The van der Waals surface area contributed by atoms with E-state index in [9.17, 15) is 14.4 Å². The Morgan fingerprint density at radius 1 is 0.448 bits per heavy atom. The monoisotopic (exact) mass is 1170 g/mol. The van der Waals surface area contributed by atoms with Gasteiger partial charge in [-0.25, -0.2) is 0 Å². The van der Waals surface area contributed by atoms with E-state index in [2.05, 4.69) is 197 Å². The Morgan fingerprint density at radius 3 is 1.28 bits per heavy atom. The SMILES string of the molecule is C=C(C)C(=O)NCCCN(Cc1ccccc1B1OC(C)(C)C(C)(C)O1)Cc1c2ccccc2c(CN(CCC(=O)NCCCCCCNC(=O)c2c3ccccc3cc3ccccc23)Cc2ccccc2B2OC(C)(C)C(C)(C)O2)c2ccccc12. The van der Waals surface area contributed by atoms with E-state index in [-0.39, 0.29) is 17.7 Å². The Morgan fingerprint density at radius 2 is 0.828 bits per heavy atom. The number of nitrogens with zero attached hydrogens (tertiary/aromatic N) is 2. The zero-order valence-electron chi connectivity index (χ0n) is 52.7. The van der Waals surface area contributed by atoms with Crippen LogP contribution < -0.4 is 26.9 Å². The number of unbranched alkanes of at least 4 members (excludes halogenated alkanes) is 3. The molecule has 0 saturated carbocycles. The van der Waals surface area contributed by atoms with Gasteiger partial charge in [0, 0.05) is 70.9 Å². The molecule has 3 amide bonds. The molecule has 2 fully saturated rings. The lowest BCUT2D eigenvalue weighted by atomic mass is 9.75. The summed E-state index contributed by atoms with van der Waals surface area (Å²) in [4.78, 5) is 45.2. The molecule has 0 atom stereocenters. The summed E-state index contributed by atoms with van der Waals surface area (Å²) < 4.78 is 26.6. The molecule has 2 heterocycles. The van der Waals surface area contributed by atoms with Gasteiger partial charge in [-0.05, 0) is 164 Å². The minimum absolute atomic E-state index is 0.0122. The van der Waals surface area contributed by atoms with Crippen molar-refractivity contribution in [3.63, 3.8) is 0 Å². The summed E-state index contributed by atoms with van der Waals surface area (Å²) >= 11 is 0. The first-order valence-electron chi connectivity index (χ1n) is 31.3. The first-order chi connectivity index (χ1) is 41.7. The van der Waals surface area contributed by atoms with Gasteiger partial charge in [0.15, 0.2) is 0 Å². The van der Waals surface area contributed by atoms with Crippen molar-refractivity contribution in [1.29, 1.82) is 0 Å². The quantitative estimate of drug-likeness (QED) is 0.0210. The molecule has 14 heteroatoms. The fourth-order valence-electron chi connectivity index (χ4n) is 12.1. The van der Waals surface area contributed by atoms with Gasteiger partial charge in [0.1, 0.15) is 0 Å². The van der Waals surface area contributed by atoms with Crippen LogP contribution in [-0.4, -0.2) is 96.9 Å². The largest absolute Gasteiger partial charge is 0.495 e. The molecule has 10 rings (SSSR count). The number of carbonyl (C=O) groups excluding carboxylic acids is 3. The highest BCUT2D eigenvalue weighted by molar-refractivity contribution is 6.63. The molecule has 0 aromatic heterocycles. The van der Waals surface area contributed by atoms with Crippen LogP contribution in [-0.2, 0) is 54.4 Å². The zero-order chi connectivity index (χ0) is 61.5.